The minimum Gasteiger partial charge on any atom is -0.474 e. The molecule has 0 radical (unpaired) electrons. The first kappa shape index (κ1) is 24.3. The molecule has 1 amide bonds. The predicted molar refractivity (Wildman–Crippen MR) is 136 cm³/mol. The van der Waals surface area contributed by atoms with Crippen molar-refractivity contribution in [3.63, 3.8) is 0 Å². The van der Waals surface area contributed by atoms with Gasteiger partial charge in [-0.3, -0.25) is 4.90 Å². The van der Waals surface area contributed by atoms with E-state index >= 15 is 0 Å². The third-order valence-electron chi connectivity index (χ3n) is 8.03. The lowest BCUT2D eigenvalue weighted by Crippen LogP contribution is -2.61. The van der Waals surface area contributed by atoms with Gasteiger partial charge in [0.05, 0.1) is 53.1 Å². The van der Waals surface area contributed by atoms with Crippen molar-refractivity contribution in [2.24, 2.45) is 0 Å². The first-order valence-electron chi connectivity index (χ1n) is 12.8. The average Bonchev–Trinajstić information content (AvgIpc) is 3.80. The quantitative estimate of drug-likeness (QED) is 0.561. The van der Waals surface area contributed by atoms with E-state index in [0.29, 0.717) is 48.5 Å². The molecule has 37 heavy (non-hydrogen) atoms. The number of nitriles is 1. The molecular weight excluding hydrogens is 494 g/mol. The van der Waals surface area contributed by atoms with Crippen molar-refractivity contribution >= 4 is 29.2 Å². The maximum atomic E-state index is 12.9. The monoisotopic (exact) mass is 523 g/mol. The van der Waals surface area contributed by atoms with Gasteiger partial charge in [-0.25, -0.2) is 14.8 Å². The first-order chi connectivity index (χ1) is 17.8. The highest BCUT2D eigenvalue weighted by molar-refractivity contribution is 6.33. The van der Waals surface area contributed by atoms with Gasteiger partial charge in [-0.1, -0.05) is 17.7 Å². The summed E-state index contributed by atoms with van der Waals surface area (Å²) in [5.41, 5.74) is 1.72. The van der Waals surface area contributed by atoms with Crippen molar-refractivity contribution in [2.45, 2.75) is 81.6 Å². The van der Waals surface area contributed by atoms with Gasteiger partial charge in [-0.15, -0.1) is 0 Å². The number of halogens is 1. The minimum atomic E-state index is -0.389. The highest BCUT2D eigenvalue weighted by atomic mass is 35.5. The Morgan fingerprint density at radius 3 is 2.57 bits per heavy atom. The third-order valence-corrected chi connectivity index (χ3v) is 8.34. The van der Waals surface area contributed by atoms with Gasteiger partial charge in [-0.05, 0) is 57.2 Å². The second-order valence-electron chi connectivity index (χ2n) is 10.9. The number of hydrogen-bond acceptors (Lipinski definition) is 8. The number of hydrogen-bond donors (Lipinski definition) is 1. The Morgan fingerprint density at radius 1 is 1.22 bits per heavy atom. The van der Waals surface area contributed by atoms with E-state index < -0.39 is 0 Å². The Labute approximate surface area is 221 Å². The lowest BCUT2D eigenvalue weighted by atomic mass is 9.92. The van der Waals surface area contributed by atoms with E-state index in [9.17, 15) is 10.1 Å². The largest absolute Gasteiger partial charge is 0.474 e. The van der Waals surface area contributed by atoms with Crippen LogP contribution < -0.4 is 10.1 Å². The number of rotatable bonds is 6. The molecule has 1 aromatic heterocycles. The summed E-state index contributed by atoms with van der Waals surface area (Å²) in [6, 6.07) is 7.91. The number of carbonyl (C=O) groups excluding carboxylic acids is 1. The molecule has 2 saturated carbocycles. The zero-order valence-electron chi connectivity index (χ0n) is 21.0. The van der Waals surface area contributed by atoms with Gasteiger partial charge in [0.1, 0.15) is 23.9 Å². The Bertz CT molecular complexity index is 1260. The molecule has 2 aromatic rings. The van der Waals surface area contributed by atoms with Crippen molar-refractivity contribution in [3.05, 3.63) is 40.7 Å². The molecule has 194 valence electrons. The van der Waals surface area contributed by atoms with Crippen LogP contribution in [0.3, 0.4) is 0 Å². The van der Waals surface area contributed by atoms with E-state index in [0.717, 1.165) is 36.8 Å². The summed E-state index contributed by atoms with van der Waals surface area (Å²) < 4.78 is 17.9. The van der Waals surface area contributed by atoms with Crippen LogP contribution in [0.1, 0.15) is 56.6 Å². The van der Waals surface area contributed by atoms with Gasteiger partial charge in [-0.2, -0.15) is 5.26 Å². The number of piperidine rings is 1. The number of amides is 1. The number of carbonyl (C=O) groups is 1. The van der Waals surface area contributed by atoms with Gasteiger partial charge in [0.2, 0.25) is 5.88 Å². The summed E-state index contributed by atoms with van der Waals surface area (Å²) in [4.78, 5) is 23.5. The SMILES string of the molecule is Cc1c(Nc2ccc(C3(C#N)CC3)cc2Cl)ncnc1OC1CC2COCC(C1)N2C(=O)OC1(C)CC1. The van der Waals surface area contributed by atoms with Gasteiger partial charge < -0.3 is 19.5 Å². The highest BCUT2D eigenvalue weighted by Gasteiger charge is 2.48. The van der Waals surface area contributed by atoms with Gasteiger partial charge in [0, 0.05) is 12.8 Å². The summed E-state index contributed by atoms with van der Waals surface area (Å²) in [7, 11) is 0. The van der Waals surface area contributed by atoms with Crippen LogP contribution in [0.15, 0.2) is 24.5 Å². The van der Waals surface area contributed by atoms with Crippen LogP contribution in [0.25, 0.3) is 0 Å². The molecule has 4 aliphatic rings. The molecule has 2 bridgehead atoms. The Morgan fingerprint density at radius 2 is 1.95 bits per heavy atom. The molecule has 3 heterocycles. The summed E-state index contributed by atoms with van der Waals surface area (Å²) in [6.45, 7) is 4.83. The number of ether oxygens (including phenoxy) is 3. The third kappa shape index (κ3) is 4.69. The molecule has 9 nitrogen and oxygen atoms in total. The van der Waals surface area contributed by atoms with Crippen molar-refractivity contribution in [1.82, 2.24) is 14.9 Å². The lowest BCUT2D eigenvalue weighted by molar-refractivity contribution is -0.0956. The Kier molecular flexibility index (Phi) is 5.92. The number of fused-ring (bicyclic) bond motifs is 2. The molecular formula is C27H30ClN5O4. The maximum absolute atomic E-state index is 12.9. The predicted octanol–water partition coefficient (Wildman–Crippen LogP) is 5.04. The minimum absolute atomic E-state index is 0.0902. The van der Waals surface area contributed by atoms with E-state index in [1.165, 1.54) is 6.33 Å². The number of anilines is 2. The van der Waals surface area contributed by atoms with Crippen molar-refractivity contribution < 1.29 is 19.0 Å². The van der Waals surface area contributed by atoms with Gasteiger partial charge in [0.25, 0.3) is 0 Å². The zero-order chi connectivity index (χ0) is 25.8. The van der Waals surface area contributed by atoms with Crippen molar-refractivity contribution in [2.75, 3.05) is 18.5 Å². The van der Waals surface area contributed by atoms with E-state index in [4.69, 9.17) is 25.8 Å². The van der Waals surface area contributed by atoms with Crippen LogP contribution >= 0.6 is 11.6 Å². The van der Waals surface area contributed by atoms with Crippen molar-refractivity contribution in [3.8, 4) is 11.9 Å². The van der Waals surface area contributed by atoms with Crippen LogP contribution in [0, 0.1) is 18.3 Å². The van der Waals surface area contributed by atoms with Crippen LogP contribution in [-0.2, 0) is 14.9 Å². The number of nitrogens with zero attached hydrogens (tertiary/aromatic N) is 4. The van der Waals surface area contributed by atoms with Crippen LogP contribution in [0.4, 0.5) is 16.3 Å². The number of benzene rings is 1. The van der Waals surface area contributed by atoms with Gasteiger partial charge in [0.15, 0.2) is 0 Å². The van der Waals surface area contributed by atoms with E-state index in [1.54, 1.807) is 0 Å². The fourth-order valence-electron chi connectivity index (χ4n) is 5.27. The van der Waals surface area contributed by atoms with Crippen molar-refractivity contribution in [1.29, 1.82) is 5.26 Å². The summed E-state index contributed by atoms with van der Waals surface area (Å²) in [6.07, 6.45) is 5.97. The van der Waals surface area contributed by atoms with E-state index in [-0.39, 0.29) is 35.3 Å². The molecule has 1 N–H and O–H groups in total. The van der Waals surface area contributed by atoms with Crippen LogP contribution in [0.5, 0.6) is 5.88 Å². The summed E-state index contributed by atoms with van der Waals surface area (Å²) in [5, 5.41) is 13.3. The summed E-state index contributed by atoms with van der Waals surface area (Å²) in [5.74, 6) is 1.10. The first-order valence-corrected chi connectivity index (χ1v) is 13.2. The maximum Gasteiger partial charge on any atom is 0.410 e. The van der Waals surface area contributed by atoms with Gasteiger partial charge >= 0.3 is 6.09 Å². The second kappa shape index (κ2) is 9.03. The molecule has 2 atom stereocenters. The average molecular weight is 524 g/mol. The molecule has 4 fully saturated rings. The summed E-state index contributed by atoms with van der Waals surface area (Å²) >= 11 is 6.55. The zero-order valence-corrected chi connectivity index (χ0v) is 21.8. The molecule has 10 heteroatoms. The fourth-order valence-corrected chi connectivity index (χ4v) is 5.50. The standard InChI is InChI=1S/C27H30ClN5O4/c1-16-23(32-22-4-3-17(9-21(22)28)27(14-29)7-8-27)30-15-31-24(16)36-20-10-18-12-35-13-19(11-20)33(18)25(34)37-26(2)5-6-26/h3-4,9,15,18-20H,5-8,10-13H2,1-2H3,(H,30,31,32). The second-order valence-corrected chi connectivity index (χ2v) is 11.4. The van der Waals surface area contributed by atoms with E-state index in [1.807, 2.05) is 36.9 Å². The molecule has 2 saturated heterocycles. The highest BCUT2D eigenvalue weighted by Crippen LogP contribution is 2.48. The Balaban J connectivity index is 1.14. The fraction of sp³-hybridized carbons (Fsp3) is 0.556. The molecule has 2 aliphatic carbocycles. The Hall–Kier alpha value is -3.09. The molecule has 1 aromatic carbocycles. The smallest absolute Gasteiger partial charge is 0.410 e. The number of morpholine rings is 1. The molecule has 6 rings (SSSR count). The lowest BCUT2D eigenvalue weighted by Gasteiger charge is -2.47. The van der Waals surface area contributed by atoms with Crippen LogP contribution in [0.2, 0.25) is 5.02 Å². The number of nitrogens with one attached hydrogen (secondary N) is 1. The normalized spacial score (nSPS) is 26.5. The topological polar surface area (TPSA) is 110 Å². The molecule has 0 spiro atoms. The number of aromatic nitrogens is 2. The molecule has 2 unspecified atom stereocenters. The molecule has 2 aliphatic heterocycles. The van der Waals surface area contributed by atoms with Crippen LogP contribution in [-0.4, -0.2) is 58.0 Å². The van der Waals surface area contributed by atoms with E-state index in [2.05, 4.69) is 21.4 Å².